The van der Waals surface area contributed by atoms with E-state index < -0.39 is 15.9 Å². The van der Waals surface area contributed by atoms with Crippen LogP contribution in [0.2, 0.25) is 0 Å². The Morgan fingerprint density at radius 2 is 1.80 bits per heavy atom. The molecule has 2 aliphatic heterocycles. The molecule has 4 rings (SSSR count). The summed E-state index contributed by atoms with van der Waals surface area (Å²) in [4.78, 5) is 27.2. The zero-order chi connectivity index (χ0) is 17.6. The predicted octanol–water partition coefficient (Wildman–Crippen LogP) is 2.01. The van der Waals surface area contributed by atoms with Crippen LogP contribution in [0.5, 0.6) is 0 Å². The Balaban J connectivity index is 1.56. The minimum absolute atomic E-state index is 0.00184. The number of piperidine rings is 1. The highest BCUT2D eigenvalue weighted by Gasteiger charge is 2.44. The second kappa shape index (κ2) is 6.12. The van der Waals surface area contributed by atoms with Gasteiger partial charge in [-0.05, 0) is 43.7 Å². The molecule has 25 heavy (non-hydrogen) atoms. The van der Waals surface area contributed by atoms with Crippen molar-refractivity contribution in [2.45, 2.75) is 49.5 Å². The fourth-order valence-corrected chi connectivity index (χ4v) is 6.05. The van der Waals surface area contributed by atoms with Gasteiger partial charge in [-0.1, -0.05) is 25.0 Å². The van der Waals surface area contributed by atoms with Crippen LogP contribution in [0.25, 0.3) is 0 Å². The Morgan fingerprint density at radius 1 is 1.08 bits per heavy atom. The molecule has 0 unspecified atom stereocenters. The molecule has 7 heteroatoms. The summed E-state index contributed by atoms with van der Waals surface area (Å²) >= 11 is 0. The van der Waals surface area contributed by atoms with Gasteiger partial charge < -0.3 is 4.90 Å². The molecule has 0 bridgehead atoms. The molecule has 1 aromatic carbocycles. The first kappa shape index (κ1) is 16.6. The van der Waals surface area contributed by atoms with Gasteiger partial charge in [0.25, 0.3) is 15.9 Å². The highest BCUT2D eigenvalue weighted by atomic mass is 32.2. The highest BCUT2D eigenvalue weighted by Crippen LogP contribution is 2.36. The van der Waals surface area contributed by atoms with E-state index >= 15 is 0 Å². The first-order valence-electron chi connectivity index (χ1n) is 8.96. The molecular formula is C18H22N2O4S. The number of rotatable bonds is 2. The van der Waals surface area contributed by atoms with Crippen LogP contribution < -0.4 is 0 Å². The van der Waals surface area contributed by atoms with Crippen LogP contribution in [0.1, 0.15) is 48.9 Å². The third kappa shape index (κ3) is 2.65. The van der Waals surface area contributed by atoms with Gasteiger partial charge in [0.05, 0.1) is 5.56 Å². The Kier molecular flexibility index (Phi) is 4.06. The van der Waals surface area contributed by atoms with E-state index in [1.54, 1.807) is 12.1 Å². The molecule has 1 saturated heterocycles. The monoisotopic (exact) mass is 362 g/mol. The number of carbonyl (C=O) groups excluding carboxylic acids is 2. The molecule has 2 heterocycles. The van der Waals surface area contributed by atoms with Crippen molar-refractivity contribution in [1.29, 1.82) is 0 Å². The van der Waals surface area contributed by atoms with Gasteiger partial charge >= 0.3 is 0 Å². The summed E-state index contributed by atoms with van der Waals surface area (Å²) in [5.74, 6) is -0.322. The van der Waals surface area contributed by atoms with Gasteiger partial charge in [-0.25, -0.2) is 12.7 Å². The molecule has 1 saturated carbocycles. The number of benzene rings is 1. The van der Waals surface area contributed by atoms with E-state index in [9.17, 15) is 18.0 Å². The van der Waals surface area contributed by atoms with Crippen LogP contribution in [0, 0.1) is 5.92 Å². The van der Waals surface area contributed by atoms with Crippen molar-refractivity contribution in [3.05, 3.63) is 29.8 Å². The van der Waals surface area contributed by atoms with E-state index in [2.05, 4.69) is 0 Å². The number of likely N-dealkylation sites (tertiary alicyclic amines) is 1. The van der Waals surface area contributed by atoms with Gasteiger partial charge in [0.1, 0.15) is 11.4 Å². The van der Waals surface area contributed by atoms with Crippen LogP contribution in [0.3, 0.4) is 0 Å². The summed E-state index contributed by atoms with van der Waals surface area (Å²) < 4.78 is 26.0. The summed E-state index contributed by atoms with van der Waals surface area (Å²) in [5.41, 5.74) is 0.157. The Labute approximate surface area is 147 Å². The molecule has 0 radical (unpaired) electrons. The molecule has 2 fully saturated rings. The largest absolute Gasteiger partial charge is 0.338 e. The Morgan fingerprint density at radius 3 is 2.60 bits per heavy atom. The number of sulfonamides is 1. The molecule has 0 N–H and O–H groups in total. The zero-order valence-electron chi connectivity index (χ0n) is 14.1. The van der Waals surface area contributed by atoms with Gasteiger partial charge in [-0.2, -0.15) is 0 Å². The van der Waals surface area contributed by atoms with Gasteiger partial charge in [-0.15, -0.1) is 0 Å². The third-order valence-corrected chi connectivity index (χ3v) is 7.54. The fraction of sp³-hybridized carbons (Fsp3) is 0.556. The molecule has 2 amide bonds. The lowest BCUT2D eigenvalue weighted by atomic mass is 9.78. The molecular weight excluding hydrogens is 340 g/mol. The van der Waals surface area contributed by atoms with Crippen molar-refractivity contribution >= 4 is 21.8 Å². The number of fused-ring (bicyclic) bond motifs is 2. The molecule has 134 valence electrons. The molecule has 2 atom stereocenters. The highest BCUT2D eigenvalue weighted by molar-refractivity contribution is 7.90. The number of amides is 2. The number of hydrogen-bond acceptors (Lipinski definition) is 4. The summed E-state index contributed by atoms with van der Waals surface area (Å²) in [6, 6.07) is 6.35. The average molecular weight is 362 g/mol. The SMILES string of the molecule is O=C(CN1C(=O)c2ccccc2S1(=O)=O)N1CCC[C@H]2CCCC[C@H]21. The average Bonchev–Trinajstić information content (AvgIpc) is 2.82. The summed E-state index contributed by atoms with van der Waals surface area (Å²) in [7, 11) is -3.92. The van der Waals surface area contributed by atoms with Crippen molar-refractivity contribution in [2.75, 3.05) is 13.1 Å². The predicted molar refractivity (Wildman–Crippen MR) is 91.4 cm³/mol. The molecule has 1 aliphatic carbocycles. The van der Waals surface area contributed by atoms with Crippen molar-refractivity contribution in [2.24, 2.45) is 5.92 Å². The third-order valence-electron chi connectivity index (χ3n) is 5.75. The van der Waals surface area contributed by atoms with E-state index in [-0.39, 0.29) is 29.0 Å². The Bertz CT molecular complexity index is 818. The van der Waals surface area contributed by atoms with E-state index in [1.165, 1.54) is 18.6 Å². The molecule has 0 aromatic heterocycles. The van der Waals surface area contributed by atoms with Crippen LogP contribution in [0.15, 0.2) is 29.2 Å². The van der Waals surface area contributed by atoms with Gasteiger partial charge in [0.2, 0.25) is 5.91 Å². The summed E-state index contributed by atoms with van der Waals surface area (Å²) in [5, 5.41) is 0. The van der Waals surface area contributed by atoms with Crippen molar-refractivity contribution in [1.82, 2.24) is 9.21 Å². The maximum Gasteiger partial charge on any atom is 0.269 e. The lowest BCUT2D eigenvalue weighted by Crippen LogP contribution is -2.53. The minimum Gasteiger partial charge on any atom is -0.338 e. The first-order valence-corrected chi connectivity index (χ1v) is 10.4. The second-order valence-corrected chi connectivity index (χ2v) is 8.98. The van der Waals surface area contributed by atoms with Crippen molar-refractivity contribution < 1.29 is 18.0 Å². The maximum absolute atomic E-state index is 12.9. The van der Waals surface area contributed by atoms with E-state index in [0.717, 1.165) is 36.4 Å². The first-order chi connectivity index (χ1) is 12.0. The second-order valence-electron chi connectivity index (χ2n) is 7.15. The van der Waals surface area contributed by atoms with Gasteiger partial charge in [0.15, 0.2) is 0 Å². The van der Waals surface area contributed by atoms with E-state index in [0.29, 0.717) is 12.5 Å². The molecule has 0 spiro atoms. The van der Waals surface area contributed by atoms with Crippen LogP contribution in [0.4, 0.5) is 0 Å². The maximum atomic E-state index is 12.9. The van der Waals surface area contributed by atoms with Crippen LogP contribution in [-0.4, -0.2) is 48.6 Å². The quantitative estimate of drug-likeness (QED) is 0.807. The van der Waals surface area contributed by atoms with Crippen LogP contribution in [-0.2, 0) is 14.8 Å². The topological polar surface area (TPSA) is 74.8 Å². The van der Waals surface area contributed by atoms with E-state index in [1.807, 2.05) is 4.90 Å². The summed E-state index contributed by atoms with van der Waals surface area (Å²) in [6.45, 7) is 0.272. The summed E-state index contributed by atoms with van der Waals surface area (Å²) in [6.07, 6.45) is 6.53. The normalized spacial score (nSPS) is 27.8. The lowest BCUT2D eigenvalue weighted by Gasteiger charge is -2.44. The van der Waals surface area contributed by atoms with Gasteiger partial charge in [0, 0.05) is 12.6 Å². The zero-order valence-corrected chi connectivity index (χ0v) is 14.9. The molecule has 3 aliphatic rings. The number of nitrogens with zero attached hydrogens (tertiary/aromatic N) is 2. The molecule has 6 nitrogen and oxygen atoms in total. The lowest BCUT2D eigenvalue weighted by molar-refractivity contribution is -0.137. The van der Waals surface area contributed by atoms with Crippen LogP contribution >= 0.6 is 0 Å². The number of carbonyl (C=O) groups is 2. The smallest absolute Gasteiger partial charge is 0.269 e. The minimum atomic E-state index is -3.92. The fourth-order valence-electron chi connectivity index (χ4n) is 4.54. The molecule has 1 aromatic rings. The standard InChI is InChI=1S/C18H22N2O4S/c21-17(19-11-5-7-13-6-1-3-9-15(13)19)12-20-18(22)14-8-2-4-10-16(14)25(20,23)24/h2,4,8,10,13,15H,1,3,5-7,9,11-12H2/t13-,15-/m1/s1. The van der Waals surface area contributed by atoms with Gasteiger partial charge in [-0.3, -0.25) is 9.59 Å². The number of hydrogen-bond donors (Lipinski definition) is 0. The van der Waals surface area contributed by atoms with E-state index in [4.69, 9.17) is 0 Å². The van der Waals surface area contributed by atoms with Crippen molar-refractivity contribution in [3.8, 4) is 0 Å². The van der Waals surface area contributed by atoms with Crippen molar-refractivity contribution in [3.63, 3.8) is 0 Å². The Hall–Kier alpha value is -1.89.